The van der Waals surface area contributed by atoms with E-state index in [1.54, 1.807) is 6.07 Å². The minimum Gasteiger partial charge on any atom is -0.397 e. The number of amides is 1. The summed E-state index contributed by atoms with van der Waals surface area (Å²) >= 11 is 1.31. The Kier molecular flexibility index (Phi) is 5.53. The summed E-state index contributed by atoms with van der Waals surface area (Å²) in [6.07, 6.45) is 3.85. The SMILES string of the molecule is Cc1ccc2c(N)c(C(=O)NC[C@@H](C)c3ccc(N4CC5CCC(C5)C4)c(F)c3)sc2n1. The first-order chi connectivity index (χ1) is 15.4. The van der Waals surface area contributed by atoms with Crippen LogP contribution in [-0.4, -0.2) is 30.5 Å². The number of hydrogen-bond acceptors (Lipinski definition) is 5. The van der Waals surface area contributed by atoms with E-state index in [9.17, 15) is 9.18 Å². The van der Waals surface area contributed by atoms with Gasteiger partial charge in [-0.25, -0.2) is 9.37 Å². The molecule has 2 bridgehead atoms. The molecule has 1 amide bonds. The van der Waals surface area contributed by atoms with Crippen molar-refractivity contribution in [1.82, 2.24) is 10.3 Å². The van der Waals surface area contributed by atoms with Gasteiger partial charge in [0.05, 0.1) is 11.4 Å². The Balaban J connectivity index is 1.25. The topological polar surface area (TPSA) is 71.2 Å². The number of aromatic nitrogens is 1. The van der Waals surface area contributed by atoms with Gasteiger partial charge in [-0.1, -0.05) is 13.0 Å². The van der Waals surface area contributed by atoms with Crippen molar-refractivity contribution in [2.45, 2.75) is 39.0 Å². The summed E-state index contributed by atoms with van der Waals surface area (Å²) in [7, 11) is 0. The van der Waals surface area contributed by atoms with Gasteiger partial charge in [0.15, 0.2) is 0 Å². The number of nitrogens with zero attached hydrogens (tertiary/aromatic N) is 2. The third-order valence-electron chi connectivity index (χ3n) is 7.00. The summed E-state index contributed by atoms with van der Waals surface area (Å²) in [5.74, 6) is 1.02. The molecule has 2 fully saturated rings. The molecule has 1 aliphatic heterocycles. The molecule has 2 unspecified atom stereocenters. The number of benzene rings is 1. The zero-order chi connectivity index (χ0) is 22.4. The van der Waals surface area contributed by atoms with E-state index in [1.807, 2.05) is 38.1 Å². The number of anilines is 2. The first-order valence-electron chi connectivity index (χ1n) is 11.4. The predicted octanol–water partition coefficient (Wildman–Crippen LogP) is 5.10. The lowest BCUT2D eigenvalue weighted by Crippen LogP contribution is -2.36. The number of nitrogens with one attached hydrogen (secondary N) is 1. The number of pyridine rings is 1. The highest BCUT2D eigenvalue weighted by Gasteiger charge is 2.33. The number of rotatable bonds is 5. The van der Waals surface area contributed by atoms with E-state index in [2.05, 4.69) is 15.2 Å². The van der Waals surface area contributed by atoms with Gasteiger partial charge in [-0.05, 0) is 73.8 Å². The Hall–Kier alpha value is -2.67. The molecule has 3 atom stereocenters. The van der Waals surface area contributed by atoms with Crippen molar-refractivity contribution in [3.05, 3.63) is 52.3 Å². The van der Waals surface area contributed by atoms with Crippen LogP contribution in [0.25, 0.3) is 10.2 Å². The molecule has 3 N–H and O–H groups in total. The number of hydrogen-bond donors (Lipinski definition) is 2. The van der Waals surface area contributed by atoms with Gasteiger partial charge in [0.25, 0.3) is 5.91 Å². The number of nitrogen functional groups attached to an aromatic ring is 1. The monoisotopic (exact) mass is 452 g/mol. The Morgan fingerprint density at radius 3 is 2.75 bits per heavy atom. The Labute approximate surface area is 191 Å². The number of nitrogens with two attached hydrogens (primary N) is 1. The number of fused-ring (bicyclic) bond motifs is 3. The molecule has 1 saturated carbocycles. The minimum atomic E-state index is -0.212. The van der Waals surface area contributed by atoms with Gasteiger partial charge in [-0.3, -0.25) is 4.79 Å². The second-order valence-corrected chi connectivity index (χ2v) is 10.4. The fourth-order valence-electron chi connectivity index (χ4n) is 5.19. The first-order valence-corrected chi connectivity index (χ1v) is 12.2. The molecular formula is C25H29FN4OS. The number of piperidine rings is 1. The number of thiophene rings is 1. The predicted molar refractivity (Wildman–Crippen MR) is 129 cm³/mol. The van der Waals surface area contributed by atoms with E-state index < -0.39 is 0 Å². The lowest BCUT2D eigenvalue weighted by molar-refractivity contribution is 0.0956. The molecule has 0 spiro atoms. The van der Waals surface area contributed by atoms with Gasteiger partial charge in [0.1, 0.15) is 15.5 Å². The van der Waals surface area contributed by atoms with Gasteiger partial charge in [0.2, 0.25) is 0 Å². The highest BCUT2D eigenvalue weighted by Crippen LogP contribution is 2.39. The maximum absolute atomic E-state index is 15.0. The van der Waals surface area contributed by atoms with Gasteiger partial charge in [0, 0.05) is 30.7 Å². The van der Waals surface area contributed by atoms with Crippen LogP contribution in [0.1, 0.15) is 53.0 Å². The molecule has 1 aromatic carbocycles. The van der Waals surface area contributed by atoms with Crippen LogP contribution in [0.2, 0.25) is 0 Å². The summed E-state index contributed by atoms with van der Waals surface area (Å²) in [5.41, 5.74) is 9.14. The normalized spacial score (nSPS) is 21.2. The van der Waals surface area contributed by atoms with Crippen molar-refractivity contribution in [3.63, 3.8) is 0 Å². The smallest absolute Gasteiger partial charge is 0.263 e. The van der Waals surface area contributed by atoms with E-state index in [4.69, 9.17) is 5.73 Å². The van der Waals surface area contributed by atoms with Crippen LogP contribution < -0.4 is 16.0 Å². The average Bonchev–Trinajstić information content (AvgIpc) is 3.29. The van der Waals surface area contributed by atoms with Gasteiger partial charge in [-0.15, -0.1) is 11.3 Å². The average molecular weight is 453 g/mol. The highest BCUT2D eigenvalue weighted by molar-refractivity contribution is 7.21. The standard InChI is InChI=1S/C25H29FN4OS/c1-14(11-28-24(31)23-22(27)19-7-3-15(2)29-25(19)32-23)18-6-8-21(20(26)10-18)30-12-16-4-5-17(9-16)13-30/h3,6-8,10,14,16-17H,4-5,9,11-13,27H2,1-2H3,(H,28,31)/t14-,16?,17?/m1/s1. The molecule has 1 aliphatic carbocycles. The van der Waals surface area contributed by atoms with Gasteiger partial charge >= 0.3 is 0 Å². The van der Waals surface area contributed by atoms with Gasteiger partial charge < -0.3 is 16.0 Å². The molecular weight excluding hydrogens is 423 g/mol. The summed E-state index contributed by atoms with van der Waals surface area (Å²) in [5, 5.41) is 3.77. The van der Waals surface area contributed by atoms with E-state index >= 15 is 0 Å². The van der Waals surface area contributed by atoms with Crippen LogP contribution in [0.5, 0.6) is 0 Å². The molecule has 3 aromatic rings. The Morgan fingerprint density at radius 1 is 1.28 bits per heavy atom. The number of aryl methyl sites for hydroxylation is 1. The van der Waals surface area contributed by atoms with Crippen molar-refractivity contribution < 1.29 is 9.18 Å². The van der Waals surface area contributed by atoms with Gasteiger partial charge in [-0.2, -0.15) is 0 Å². The number of carbonyl (C=O) groups is 1. The number of halogens is 1. The largest absolute Gasteiger partial charge is 0.397 e. The zero-order valence-electron chi connectivity index (χ0n) is 18.5. The lowest BCUT2D eigenvalue weighted by atomic mass is 9.96. The molecule has 5 rings (SSSR count). The van der Waals surface area contributed by atoms with Crippen LogP contribution in [0.3, 0.4) is 0 Å². The van der Waals surface area contributed by atoms with Crippen LogP contribution in [0, 0.1) is 24.6 Å². The van der Waals surface area contributed by atoms with Crippen LogP contribution in [-0.2, 0) is 0 Å². The van der Waals surface area contributed by atoms with Crippen molar-refractivity contribution in [1.29, 1.82) is 0 Å². The maximum atomic E-state index is 15.0. The summed E-state index contributed by atoms with van der Waals surface area (Å²) in [6.45, 7) is 6.24. The number of carbonyl (C=O) groups excluding carboxylic acids is 1. The highest BCUT2D eigenvalue weighted by atomic mass is 32.1. The molecule has 2 aromatic heterocycles. The Bertz CT molecular complexity index is 1160. The van der Waals surface area contributed by atoms with Crippen molar-refractivity contribution in [2.75, 3.05) is 30.3 Å². The molecule has 2 aliphatic rings. The molecule has 5 nitrogen and oxygen atoms in total. The molecule has 1 saturated heterocycles. The van der Waals surface area contributed by atoms with Crippen molar-refractivity contribution >= 4 is 38.8 Å². The van der Waals surface area contributed by atoms with E-state index in [1.165, 1.54) is 30.6 Å². The zero-order valence-corrected chi connectivity index (χ0v) is 19.3. The minimum absolute atomic E-state index is 0.0176. The fraction of sp³-hybridized carbons (Fsp3) is 0.440. The van der Waals surface area contributed by atoms with Crippen LogP contribution in [0.4, 0.5) is 15.8 Å². The quantitative estimate of drug-likeness (QED) is 0.565. The summed E-state index contributed by atoms with van der Waals surface area (Å²) in [6, 6.07) is 9.32. The van der Waals surface area contributed by atoms with Crippen LogP contribution >= 0.6 is 11.3 Å². The summed E-state index contributed by atoms with van der Waals surface area (Å²) < 4.78 is 15.0. The molecule has 3 heterocycles. The molecule has 32 heavy (non-hydrogen) atoms. The molecule has 0 radical (unpaired) electrons. The third-order valence-corrected chi connectivity index (χ3v) is 8.11. The van der Waals surface area contributed by atoms with Crippen LogP contribution in [0.15, 0.2) is 30.3 Å². The third kappa shape index (κ3) is 3.94. The Morgan fingerprint density at radius 2 is 2.03 bits per heavy atom. The summed E-state index contributed by atoms with van der Waals surface area (Å²) in [4.78, 5) is 20.7. The van der Waals surface area contributed by atoms with E-state index in [0.29, 0.717) is 34.6 Å². The second-order valence-electron chi connectivity index (χ2n) is 9.42. The fourth-order valence-corrected chi connectivity index (χ4v) is 6.25. The second kappa shape index (κ2) is 8.35. The van der Waals surface area contributed by atoms with Crippen molar-refractivity contribution in [3.8, 4) is 0 Å². The van der Waals surface area contributed by atoms with Crippen molar-refractivity contribution in [2.24, 2.45) is 11.8 Å². The van der Waals surface area contributed by atoms with E-state index in [0.717, 1.165) is 34.6 Å². The first kappa shape index (κ1) is 21.2. The van der Waals surface area contributed by atoms with E-state index in [-0.39, 0.29) is 17.6 Å². The lowest BCUT2D eigenvalue weighted by Gasteiger charge is -2.34. The molecule has 168 valence electrons. The molecule has 7 heteroatoms. The maximum Gasteiger partial charge on any atom is 0.263 e.